The van der Waals surface area contributed by atoms with Crippen LogP contribution in [0.4, 0.5) is 19.0 Å². The van der Waals surface area contributed by atoms with E-state index in [9.17, 15) is 18.0 Å². The van der Waals surface area contributed by atoms with Gasteiger partial charge in [-0.3, -0.25) is 4.79 Å². The van der Waals surface area contributed by atoms with Crippen LogP contribution in [0.3, 0.4) is 0 Å². The molecular formula is C21H23BrF3N3O. The van der Waals surface area contributed by atoms with E-state index in [1.165, 1.54) is 6.07 Å². The van der Waals surface area contributed by atoms with Crippen molar-refractivity contribution in [2.75, 3.05) is 18.4 Å². The lowest BCUT2D eigenvalue weighted by Crippen LogP contribution is -2.51. The van der Waals surface area contributed by atoms with Crippen LogP contribution in [0.5, 0.6) is 0 Å². The van der Waals surface area contributed by atoms with Gasteiger partial charge >= 0.3 is 6.18 Å². The van der Waals surface area contributed by atoms with Crippen molar-refractivity contribution in [1.82, 2.24) is 9.88 Å². The van der Waals surface area contributed by atoms with Crippen LogP contribution in [0, 0.1) is 12.8 Å². The Morgan fingerprint density at radius 1 is 1.31 bits per heavy atom. The monoisotopic (exact) mass is 469 g/mol. The van der Waals surface area contributed by atoms with Gasteiger partial charge in [0.2, 0.25) is 0 Å². The van der Waals surface area contributed by atoms with Gasteiger partial charge in [-0.05, 0) is 65.9 Å². The van der Waals surface area contributed by atoms with Crippen LogP contribution < -0.4 is 5.32 Å². The molecule has 1 unspecified atom stereocenters. The highest BCUT2D eigenvalue weighted by molar-refractivity contribution is 9.10. The minimum absolute atomic E-state index is 0.0423. The predicted octanol–water partition coefficient (Wildman–Crippen LogP) is 5.52. The summed E-state index contributed by atoms with van der Waals surface area (Å²) in [4.78, 5) is 19.0. The van der Waals surface area contributed by atoms with E-state index in [2.05, 4.69) is 33.2 Å². The first-order valence-corrected chi connectivity index (χ1v) is 10.3. The second-order valence-electron chi connectivity index (χ2n) is 7.48. The van der Waals surface area contributed by atoms with Gasteiger partial charge in [-0.2, -0.15) is 13.2 Å². The van der Waals surface area contributed by atoms with Crippen LogP contribution in [-0.2, 0) is 6.18 Å². The number of piperidine rings is 1. The van der Waals surface area contributed by atoms with E-state index in [-0.39, 0.29) is 17.9 Å². The number of nitrogens with one attached hydrogen (secondary N) is 1. The van der Waals surface area contributed by atoms with Crippen LogP contribution in [0.15, 0.2) is 41.0 Å². The number of rotatable bonds is 4. The van der Waals surface area contributed by atoms with Crippen molar-refractivity contribution in [2.45, 2.75) is 38.9 Å². The number of carbonyl (C=O) groups is 1. The molecule has 0 aliphatic carbocycles. The molecule has 3 rings (SSSR count). The molecule has 1 saturated heterocycles. The van der Waals surface area contributed by atoms with Gasteiger partial charge in [0.15, 0.2) is 0 Å². The number of hydrogen-bond acceptors (Lipinski definition) is 3. The van der Waals surface area contributed by atoms with Gasteiger partial charge in [-0.15, -0.1) is 0 Å². The molecule has 1 aliphatic heterocycles. The average Bonchev–Trinajstić information content (AvgIpc) is 2.68. The van der Waals surface area contributed by atoms with Gasteiger partial charge in [-0.1, -0.05) is 18.6 Å². The zero-order chi connectivity index (χ0) is 21.2. The fourth-order valence-corrected chi connectivity index (χ4v) is 4.06. The Morgan fingerprint density at radius 2 is 2.07 bits per heavy atom. The van der Waals surface area contributed by atoms with E-state index in [0.29, 0.717) is 24.5 Å². The maximum absolute atomic E-state index is 13.2. The summed E-state index contributed by atoms with van der Waals surface area (Å²) in [7, 11) is 0. The minimum atomic E-state index is -4.41. The molecule has 1 aromatic heterocycles. The zero-order valence-corrected chi connectivity index (χ0v) is 17.8. The molecule has 8 heteroatoms. The topological polar surface area (TPSA) is 45.2 Å². The summed E-state index contributed by atoms with van der Waals surface area (Å²) in [5, 5.41) is 3.10. The number of aryl methyl sites for hydroxylation is 1. The summed E-state index contributed by atoms with van der Waals surface area (Å²) in [6, 6.07) is 7.93. The van der Waals surface area contributed by atoms with Crippen LogP contribution in [-0.4, -0.2) is 34.9 Å². The second kappa shape index (κ2) is 8.73. The van der Waals surface area contributed by atoms with E-state index in [4.69, 9.17) is 0 Å². The maximum atomic E-state index is 13.2. The molecule has 1 aliphatic rings. The number of benzene rings is 1. The van der Waals surface area contributed by atoms with E-state index < -0.39 is 11.7 Å². The van der Waals surface area contributed by atoms with Crippen molar-refractivity contribution in [2.24, 2.45) is 5.92 Å². The number of alkyl halides is 3. The van der Waals surface area contributed by atoms with Gasteiger partial charge in [0, 0.05) is 23.8 Å². The number of nitrogens with zero attached hydrogens (tertiary/aromatic N) is 2. The van der Waals surface area contributed by atoms with Crippen LogP contribution in [0.25, 0.3) is 0 Å². The lowest BCUT2D eigenvalue weighted by Gasteiger charge is -2.40. The van der Waals surface area contributed by atoms with Crippen molar-refractivity contribution in [3.8, 4) is 0 Å². The third kappa shape index (κ3) is 5.10. The molecule has 1 amide bonds. The lowest BCUT2D eigenvalue weighted by molar-refractivity contribution is -0.137. The fourth-order valence-electron chi connectivity index (χ4n) is 3.65. The summed E-state index contributed by atoms with van der Waals surface area (Å²) < 4.78 is 38.9. The van der Waals surface area contributed by atoms with Crippen LogP contribution in [0.1, 0.15) is 41.3 Å². The van der Waals surface area contributed by atoms with E-state index in [1.54, 1.807) is 0 Å². The summed E-state index contributed by atoms with van der Waals surface area (Å²) in [5.74, 6) is 0.581. The quantitative estimate of drug-likeness (QED) is 0.640. The Hall–Kier alpha value is -2.09. The van der Waals surface area contributed by atoms with Crippen molar-refractivity contribution < 1.29 is 18.0 Å². The molecule has 29 heavy (non-hydrogen) atoms. The molecule has 1 N–H and O–H groups in total. The number of hydrogen-bond donors (Lipinski definition) is 1. The molecule has 4 nitrogen and oxygen atoms in total. The zero-order valence-electron chi connectivity index (χ0n) is 16.3. The number of likely N-dealkylation sites (tertiary alicyclic amines) is 1. The lowest BCUT2D eigenvalue weighted by atomic mass is 9.90. The smallest absolute Gasteiger partial charge is 0.368 e. The molecule has 1 aromatic carbocycles. The van der Waals surface area contributed by atoms with E-state index >= 15 is 0 Å². The van der Waals surface area contributed by atoms with Crippen LogP contribution >= 0.6 is 15.9 Å². The number of carbonyl (C=O) groups excluding carboxylic acids is 1. The molecule has 2 aromatic rings. The highest BCUT2D eigenvalue weighted by atomic mass is 79.9. The highest BCUT2D eigenvalue weighted by Crippen LogP contribution is 2.30. The SMILES string of the molecule is Cc1ccc(Br)c(C(=O)N2CCC[C@@H](C)C2CNc2ccc(C(F)(F)F)cn2)c1. The van der Waals surface area contributed by atoms with Crippen molar-refractivity contribution in [3.05, 3.63) is 57.7 Å². The average molecular weight is 470 g/mol. The molecule has 2 heterocycles. The molecule has 0 bridgehead atoms. The molecule has 0 spiro atoms. The third-order valence-electron chi connectivity index (χ3n) is 5.31. The van der Waals surface area contributed by atoms with Gasteiger partial charge in [0.05, 0.1) is 17.2 Å². The standard InChI is InChI=1S/C21H23BrF3N3O/c1-13-5-7-17(22)16(10-13)20(29)28-9-3-4-14(2)18(28)12-27-19-8-6-15(11-26-19)21(23,24)25/h5-8,10-11,14,18H,3-4,9,12H2,1-2H3,(H,26,27)/t14-,18?/m1/s1. The van der Waals surface area contributed by atoms with E-state index in [0.717, 1.165) is 35.1 Å². The first kappa shape index (κ1) is 21.6. The first-order chi connectivity index (χ1) is 13.7. The molecule has 1 fully saturated rings. The van der Waals surface area contributed by atoms with Gasteiger partial charge < -0.3 is 10.2 Å². The second-order valence-corrected chi connectivity index (χ2v) is 8.33. The van der Waals surface area contributed by atoms with Gasteiger partial charge in [0.1, 0.15) is 5.82 Å². The highest BCUT2D eigenvalue weighted by Gasteiger charge is 2.33. The van der Waals surface area contributed by atoms with Crippen molar-refractivity contribution in [1.29, 1.82) is 0 Å². The molecule has 0 radical (unpaired) electrons. The number of pyridine rings is 1. The molecule has 2 atom stereocenters. The Labute approximate surface area is 176 Å². The van der Waals surface area contributed by atoms with Crippen molar-refractivity contribution in [3.63, 3.8) is 0 Å². The summed E-state index contributed by atoms with van der Waals surface area (Å²) in [6.45, 7) is 5.11. The Kier molecular flexibility index (Phi) is 6.51. The summed E-state index contributed by atoms with van der Waals surface area (Å²) in [5.41, 5.74) is 0.845. The first-order valence-electron chi connectivity index (χ1n) is 9.51. The summed E-state index contributed by atoms with van der Waals surface area (Å²) >= 11 is 3.47. The minimum Gasteiger partial charge on any atom is -0.368 e. The molecule has 156 valence electrons. The van der Waals surface area contributed by atoms with Crippen molar-refractivity contribution >= 4 is 27.7 Å². The molecule has 0 saturated carbocycles. The Bertz CT molecular complexity index is 870. The Morgan fingerprint density at radius 3 is 2.72 bits per heavy atom. The number of halogens is 4. The third-order valence-corrected chi connectivity index (χ3v) is 6.00. The number of anilines is 1. The maximum Gasteiger partial charge on any atom is 0.417 e. The number of aromatic nitrogens is 1. The van der Waals surface area contributed by atoms with Gasteiger partial charge in [0.25, 0.3) is 5.91 Å². The van der Waals surface area contributed by atoms with E-state index in [1.807, 2.05) is 30.0 Å². The van der Waals surface area contributed by atoms with Crippen LogP contribution in [0.2, 0.25) is 0 Å². The predicted molar refractivity (Wildman–Crippen MR) is 110 cm³/mol. The Balaban J connectivity index is 1.75. The largest absolute Gasteiger partial charge is 0.417 e. The molecular weight excluding hydrogens is 447 g/mol. The normalized spacial score (nSPS) is 19.9. The number of amides is 1. The summed E-state index contributed by atoms with van der Waals surface area (Å²) in [6.07, 6.45) is -1.68. The fraction of sp³-hybridized carbons (Fsp3) is 0.429. The van der Waals surface area contributed by atoms with Gasteiger partial charge in [-0.25, -0.2) is 4.98 Å².